The summed E-state index contributed by atoms with van der Waals surface area (Å²) in [6.07, 6.45) is 3.67. The Morgan fingerprint density at radius 3 is 3.07 bits per heavy atom. The lowest BCUT2D eigenvalue weighted by molar-refractivity contribution is 0.661. The second kappa shape index (κ2) is 2.73. The van der Waals surface area contributed by atoms with Gasteiger partial charge in [0.1, 0.15) is 16.7 Å². The Labute approximate surface area is 86.3 Å². The summed E-state index contributed by atoms with van der Waals surface area (Å²) in [5.74, 6) is 0. The third kappa shape index (κ3) is 1.09. The van der Waals surface area contributed by atoms with Crippen molar-refractivity contribution in [3.8, 4) is 0 Å². The first-order valence-electron chi connectivity index (χ1n) is 4.75. The summed E-state index contributed by atoms with van der Waals surface area (Å²) in [5.41, 5.74) is 2.83. The van der Waals surface area contributed by atoms with E-state index in [4.69, 9.17) is 0 Å². The molecule has 0 saturated heterocycles. The van der Waals surface area contributed by atoms with Crippen LogP contribution in [-0.2, 0) is 0 Å². The molecule has 5 heteroatoms. The van der Waals surface area contributed by atoms with Gasteiger partial charge in [-0.2, -0.15) is 9.89 Å². The zero-order chi connectivity index (χ0) is 10.4. The van der Waals surface area contributed by atoms with Gasteiger partial charge in [-0.15, -0.1) is 0 Å². The number of nitrogens with zero attached hydrogens (tertiary/aromatic N) is 4. The number of H-pyrrole nitrogens is 1. The molecule has 0 aromatic carbocycles. The first kappa shape index (κ1) is 8.28. The monoisotopic (exact) mass is 201 g/mol. The second-order valence-electron chi connectivity index (χ2n) is 3.69. The maximum absolute atomic E-state index is 4.48. The van der Waals surface area contributed by atoms with E-state index in [0.29, 0.717) is 0 Å². The molecule has 0 bridgehead atoms. The van der Waals surface area contributed by atoms with Gasteiger partial charge in [0.05, 0.1) is 6.20 Å². The first-order valence-corrected chi connectivity index (χ1v) is 4.75. The van der Waals surface area contributed by atoms with E-state index >= 15 is 0 Å². The van der Waals surface area contributed by atoms with E-state index in [1.54, 1.807) is 6.20 Å². The average Bonchev–Trinajstić information content (AvgIpc) is 2.77. The maximum Gasteiger partial charge on any atom is 0.138 e. The molecular formula is C10H11N5. The van der Waals surface area contributed by atoms with Crippen LogP contribution in [0.3, 0.4) is 0 Å². The molecule has 0 saturated carbocycles. The summed E-state index contributed by atoms with van der Waals surface area (Å²) in [6.45, 7) is 0. The highest BCUT2D eigenvalue weighted by Gasteiger charge is 2.07. The molecule has 0 amide bonds. The van der Waals surface area contributed by atoms with E-state index < -0.39 is 0 Å². The topological polar surface area (TPSA) is 49.7 Å². The van der Waals surface area contributed by atoms with Crippen LogP contribution in [0.1, 0.15) is 0 Å². The molecule has 3 rings (SSSR count). The van der Waals surface area contributed by atoms with Gasteiger partial charge in [-0.05, 0) is 12.1 Å². The van der Waals surface area contributed by atoms with Crippen molar-refractivity contribution in [1.29, 1.82) is 0 Å². The zero-order valence-corrected chi connectivity index (χ0v) is 8.60. The fourth-order valence-corrected chi connectivity index (χ4v) is 1.73. The zero-order valence-electron chi connectivity index (χ0n) is 8.60. The van der Waals surface area contributed by atoms with Crippen LogP contribution in [0.15, 0.2) is 24.5 Å². The molecule has 5 nitrogen and oxygen atoms in total. The summed E-state index contributed by atoms with van der Waals surface area (Å²) in [4.78, 5) is 9.39. The Hall–Kier alpha value is -2.04. The molecule has 1 N–H and O–H groups in total. The van der Waals surface area contributed by atoms with Crippen molar-refractivity contribution in [3.05, 3.63) is 24.5 Å². The Morgan fingerprint density at radius 1 is 1.40 bits per heavy atom. The average molecular weight is 201 g/mol. The van der Waals surface area contributed by atoms with Crippen molar-refractivity contribution in [1.82, 2.24) is 19.9 Å². The molecule has 3 heterocycles. The fourth-order valence-electron chi connectivity index (χ4n) is 1.73. The van der Waals surface area contributed by atoms with E-state index in [0.717, 1.165) is 22.1 Å². The van der Waals surface area contributed by atoms with Crippen LogP contribution in [0.25, 0.3) is 22.1 Å². The number of rotatable bonds is 1. The Morgan fingerprint density at radius 2 is 2.27 bits per heavy atom. The molecule has 0 aliphatic heterocycles. The third-order valence-corrected chi connectivity index (χ3v) is 2.43. The molecule has 0 radical (unpaired) electrons. The SMILES string of the molecule is CN(C)n1ncc2nc3[nH]ccc3cc21. The van der Waals surface area contributed by atoms with Crippen molar-refractivity contribution in [2.24, 2.45) is 0 Å². The number of hydrogen-bond donors (Lipinski definition) is 1. The Kier molecular flexibility index (Phi) is 1.50. The van der Waals surface area contributed by atoms with E-state index in [1.165, 1.54) is 0 Å². The van der Waals surface area contributed by atoms with Gasteiger partial charge in [0.2, 0.25) is 0 Å². The van der Waals surface area contributed by atoms with Crippen LogP contribution in [0, 0.1) is 0 Å². The molecule has 0 fully saturated rings. The number of hydrogen-bond acceptors (Lipinski definition) is 3. The quantitative estimate of drug-likeness (QED) is 0.641. The summed E-state index contributed by atoms with van der Waals surface area (Å²) in [7, 11) is 3.90. The van der Waals surface area contributed by atoms with Gasteiger partial charge in [0.25, 0.3) is 0 Å². The highest BCUT2D eigenvalue weighted by molar-refractivity contribution is 5.89. The van der Waals surface area contributed by atoms with Crippen LogP contribution in [-0.4, -0.2) is 34.0 Å². The molecule has 0 aliphatic rings. The van der Waals surface area contributed by atoms with Crippen LogP contribution < -0.4 is 5.01 Å². The van der Waals surface area contributed by atoms with Crippen LogP contribution in [0.2, 0.25) is 0 Å². The molecule has 0 unspecified atom stereocenters. The minimum absolute atomic E-state index is 0.902. The van der Waals surface area contributed by atoms with Crippen molar-refractivity contribution >= 4 is 22.1 Å². The van der Waals surface area contributed by atoms with E-state index in [2.05, 4.69) is 21.1 Å². The summed E-state index contributed by atoms with van der Waals surface area (Å²) in [5, 5.41) is 7.29. The first-order chi connectivity index (χ1) is 7.25. The van der Waals surface area contributed by atoms with Crippen LogP contribution in [0.5, 0.6) is 0 Å². The molecule has 3 aromatic rings. The van der Waals surface area contributed by atoms with Crippen molar-refractivity contribution in [2.45, 2.75) is 0 Å². The lowest BCUT2D eigenvalue weighted by Gasteiger charge is -2.12. The molecular weight excluding hydrogens is 190 g/mol. The number of aromatic amines is 1. The van der Waals surface area contributed by atoms with E-state index in [9.17, 15) is 0 Å². The minimum Gasteiger partial charge on any atom is -0.346 e. The highest BCUT2D eigenvalue weighted by Crippen LogP contribution is 2.17. The standard InChI is InChI=1S/C10H11N5/c1-14(2)15-9-5-7-3-4-11-10(7)13-8(9)6-12-15/h3-6H,1-2H3,(H,11,13). The molecule has 3 aromatic heterocycles. The van der Waals surface area contributed by atoms with Gasteiger partial charge in [-0.3, -0.25) is 0 Å². The maximum atomic E-state index is 4.48. The van der Waals surface area contributed by atoms with Crippen molar-refractivity contribution in [2.75, 3.05) is 19.1 Å². The van der Waals surface area contributed by atoms with Gasteiger partial charge in [0, 0.05) is 25.7 Å². The molecule has 0 aliphatic carbocycles. The summed E-state index contributed by atoms with van der Waals surface area (Å²) < 4.78 is 0. The largest absolute Gasteiger partial charge is 0.346 e. The number of aromatic nitrogens is 4. The minimum atomic E-state index is 0.902. The van der Waals surface area contributed by atoms with Crippen LogP contribution in [0.4, 0.5) is 0 Å². The van der Waals surface area contributed by atoms with Gasteiger partial charge < -0.3 is 9.99 Å². The van der Waals surface area contributed by atoms with Crippen LogP contribution >= 0.6 is 0 Å². The molecule has 0 atom stereocenters. The molecule has 0 spiro atoms. The Bertz CT molecular complexity index is 619. The van der Waals surface area contributed by atoms with E-state index in [-0.39, 0.29) is 0 Å². The lowest BCUT2D eigenvalue weighted by Crippen LogP contribution is -2.25. The third-order valence-electron chi connectivity index (χ3n) is 2.43. The number of fused-ring (bicyclic) bond motifs is 2. The normalized spacial score (nSPS) is 11.3. The second-order valence-corrected chi connectivity index (χ2v) is 3.69. The van der Waals surface area contributed by atoms with Gasteiger partial charge in [-0.1, -0.05) is 0 Å². The van der Waals surface area contributed by atoms with Gasteiger partial charge >= 0.3 is 0 Å². The Balaban J connectivity index is 2.41. The fraction of sp³-hybridized carbons (Fsp3) is 0.200. The van der Waals surface area contributed by atoms with Crippen molar-refractivity contribution < 1.29 is 0 Å². The number of nitrogens with one attached hydrogen (secondary N) is 1. The van der Waals surface area contributed by atoms with Crippen molar-refractivity contribution in [3.63, 3.8) is 0 Å². The van der Waals surface area contributed by atoms with Gasteiger partial charge in [0.15, 0.2) is 0 Å². The summed E-state index contributed by atoms with van der Waals surface area (Å²) in [6, 6.07) is 4.09. The highest BCUT2D eigenvalue weighted by atomic mass is 15.6. The predicted molar refractivity (Wildman–Crippen MR) is 59.4 cm³/mol. The lowest BCUT2D eigenvalue weighted by atomic mass is 10.3. The van der Waals surface area contributed by atoms with Gasteiger partial charge in [-0.25, -0.2) is 4.98 Å². The predicted octanol–water partition coefficient (Wildman–Crippen LogP) is 1.11. The molecule has 15 heavy (non-hydrogen) atoms. The summed E-state index contributed by atoms with van der Waals surface area (Å²) >= 11 is 0. The molecule has 76 valence electrons. The smallest absolute Gasteiger partial charge is 0.138 e. The van der Waals surface area contributed by atoms with E-state index in [1.807, 2.05) is 36.2 Å². The number of pyridine rings is 1.